The number of anilines is 1. The Morgan fingerprint density at radius 3 is 2.60 bits per heavy atom. The Morgan fingerprint density at radius 1 is 1.06 bits per heavy atom. The van der Waals surface area contributed by atoms with E-state index in [0.29, 0.717) is 29.2 Å². The maximum atomic E-state index is 12.2. The highest BCUT2D eigenvalue weighted by molar-refractivity contribution is 7.90. The number of carbonyl (C=O) groups excluding carboxylic acids is 1. The van der Waals surface area contributed by atoms with E-state index in [0.717, 1.165) is 29.1 Å². The number of sulfone groups is 1. The number of pyridine rings is 2. The van der Waals surface area contributed by atoms with Crippen molar-refractivity contribution in [3.8, 4) is 11.3 Å². The summed E-state index contributed by atoms with van der Waals surface area (Å²) in [6.07, 6.45) is 6.56. The minimum Gasteiger partial charge on any atom is -0.370 e. The van der Waals surface area contributed by atoms with Crippen molar-refractivity contribution in [2.75, 3.05) is 25.2 Å². The normalized spacial score (nSPS) is 12.3. The van der Waals surface area contributed by atoms with Crippen LogP contribution in [0, 0.1) is 0 Å². The molecule has 0 spiro atoms. The maximum Gasteiger partial charge on any atom is 0.251 e. The SMILES string of the molecule is CNC(=O)c1ccnc2c(C(C)CCNc3cc(-c4ccc(S(C)(=O)=O)nc4)ncn3)cccc12. The van der Waals surface area contributed by atoms with Crippen LogP contribution in [0.1, 0.15) is 35.2 Å². The van der Waals surface area contributed by atoms with Crippen LogP contribution >= 0.6 is 0 Å². The predicted molar refractivity (Wildman–Crippen MR) is 135 cm³/mol. The van der Waals surface area contributed by atoms with Gasteiger partial charge in [-0.3, -0.25) is 9.78 Å². The average molecular weight is 491 g/mol. The topological polar surface area (TPSA) is 127 Å². The summed E-state index contributed by atoms with van der Waals surface area (Å²) in [5, 5.41) is 6.86. The van der Waals surface area contributed by atoms with E-state index in [-0.39, 0.29) is 16.9 Å². The molecule has 3 heterocycles. The molecule has 0 aliphatic rings. The summed E-state index contributed by atoms with van der Waals surface area (Å²) in [6, 6.07) is 12.6. The van der Waals surface area contributed by atoms with E-state index in [2.05, 4.69) is 37.5 Å². The Morgan fingerprint density at radius 2 is 1.89 bits per heavy atom. The van der Waals surface area contributed by atoms with E-state index >= 15 is 0 Å². The maximum absolute atomic E-state index is 12.2. The van der Waals surface area contributed by atoms with Gasteiger partial charge in [0.25, 0.3) is 5.91 Å². The first kappa shape index (κ1) is 24.2. The quantitative estimate of drug-likeness (QED) is 0.384. The Balaban J connectivity index is 1.45. The molecule has 0 bridgehead atoms. The van der Waals surface area contributed by atoms with E-state index < -0.39 is 9.84 Å². The third kappa shape index (κ3) is 5.43. The molecule has 0 saturated heterocycles. The predicted octanol–water partition coefficient (Wildman–Crippen LogP) is 3.46. The van der Waals surface area contributed by atoms with Crippen LogP contribution < -0.4 is 10.6 Å². The fourth-order valence-corrected chi connectivity index (χ4v) is 4.42. The summed E-state index contributed by atoms with van der Waals surface area (Å²) in [4.78, 5) is 29.4. The molecule has 4 rings (SSSR count). The van der Waals surface area contributed by atoms with Gasteiger partial charge in [-0.2, -0.15) is 0 Å². The smallest absolute Gasteiger partial charge is 0.251 e. The molecule has 0 saturated carbocycles. The van der Waals surface area contributed by atoms with Crippen LogP contribution in [-0.2, 0) is 9.84 Å². The van der Waals surface area contributed by atoms with Gasteiger partial charge < -0.3 is 10.6 Å². The Labute approximate surface area is 204 Å². The van der Waals surface area contributed by atoms with Crippen molar-refractivity contribution < 1.29 is 13.2 Å². The van der Waals surface area contributed by atoms with Crippen molar-refractivity contribution in [3.63, 3.8) is 0 Å². The molecule has 1 aromatic carbocycles. The van der Waals surface area contributed by atoms with E-state index in [1.54, 1.807) is 31.4 Å². The number of hydrogen-bond donors (Lipinski definition) is 2. The van der Waals surface area contributed by atoms with Gasteiger partial charge in [-0.25, -0.2) is 23.4 Å². The van der Waals surface area contributed by atoms with Gasteiger partial charge in [0.15, 0.2) is 14.9 Å². The first-order valence-electron chi connectivity index (χ1n) is 11.1. The summed E-state index contributed by atoms with van der Waals surface area (Å²) >= 11 is 0. The second-order valence-corrected chi connectivity index (χ2v) is 10.2. The van der Waals surface area contributed by atoms with Crippen LogP contribution in [0.3, 0.4) is 0 Å². The number of nitrogens with one attached hydrogen (secondary N) is 2. The molecule has 3 aromatic heterocycles. The van der Waals surface area contributed by atoms with Crippen LogP contribution in [0.15, 0.2) is 66.2 Å². The Bertz CT molecular complexity index is 1470. The number of rotatable bonds is 8. The zero-order chi connectivity index (χ0) is 25.0. The van der Waals surface area contributed by atoms with Crippen molar-refractivity contribution in [2.24, 2.45) is 0 Å². The highest BCUT2D eigenvalue weighted by Gasteiger charge is 2.15. The van der Waals surface area contributed by atoms with Crippen molar-refractivity contribution in [2.45, 2.75) is 24.3 Å². The molecule has 180 valence electrons. The lowest BCUT2D eigenvalue weighted by molar-refractivity contribution is 0.0964. The van der Waals surface area contributed by atoms with Crippen LogP contribution in [-0.4, -0.2) is 54.1 Å². The van der Waals surface area contributed by atoms with Gasteiger partial charge in [-0.05, 0) is 36.1 Å². The number of aromatic nitrogens is 4. The lowest BCUT2D eigenvalue weighted by Crippen LogP contribution is -2.18. The Kier molecular flexibility index (Phi) is 7.02. The molecule has 1 atom stereocenters. The zero-order valence-electron chi connectivity index (χ0n) is 19.7. The van der Waals surface area contributed by atoms with Gasteiger partial charge in [-0.15, -0.1) is 0 Å². The van der Waals surface area contributed by atoms with Gasteiger partial charge in [0, 0.05) is 49.3 Å². The summed E-state index contributed by atoms with van der Waals surface area (Å²) < 4.78 is 23.2. The first-order valence-corrected chi connectivity index (χ1v) is 13.0. The van der Waals surface area contributed by atoms with Gasteiger partial charge in [0.05, 0.1) is 16.8 Å². The molecule has 4 aromatic rings. The standard InChI is InChI=1S/C25H26N6O3S/c1-16(18-5-4-6-19-20(25(32)26-2)10-12-28-24(18)19)9-11-27-22-13-21(30-15-31-22)17-7-8-23(29-14-17)35(3,33)34/h4-8,10,12-16H,9,11H2,1-3H3,(H,26,32)(H,27,30,31). The first-order chi connectivity index (χ1) is 16.8. The van der Waals surface area contributed by atoms with Crippen molar-refractivity contribution in [1.29, 1.82) is 0 Å². The number of fused-ring (bicyclic) bond motifs is 1. The molecule has 0 aliphatic heterocycles. The van der Waals surface area contributed by atoms with Crippen molar-refractivity contribution in [3.05, 3.63) is 72.3 Å². The monoisotopic (exact) mass is 490 g/mol. The molecular weight excluding hydrogens is 464 g/mol. The number of para-hydroxylation sites is 1. The summed E-state index contributed by atoms with van der Waals surface area (Å²) in [6.45, 7) is 2.79. The van der Waals surface area contributed by atoms with Crippen LogP contribution in [0.25, 0.3) is 22.2 Å². The van der Waals surface area contributed by atoms with Gasteiger partial charge in [-0.1, -0.05) is 25.1 Å². The highest BCUT2D eigenvalue weighted by atomic mass is 32.2. The molecule has 0 aliphatic carbocycles. The van der Waals surface area contributed by atoms with Gasteiger partial charge in [0.2, 0.25) is 0 Å². The highest BCUT2D eigenvalue weighted by Crippen LogP contribution is 2.28. The molecule has 2 N–H and O–H groups in total. The number of hydrogen-bond acceptors (Lipinski definition) is 8. The number of nitrogens with zero attached hydrogens (tertiary/aromatic N) is 4. The summed E-state index contributed by atoms with van der Waals surface area (Å²) in [5.74, 6) is 0.713. The minimum atomic E-state index is -3.36. The number of benzene rings is 1. The molecule has 1 unspecified atom stereocenters. The van der Waals surface area contributed by atoms with E-state index in [1.807, 2.05) is 18.2 Å². The number of amides is 1. The third-order valence-corrected chi connectivity index (χ3v) is 6.77. The van der Waals surface area contributed by atoms with E-state index in [9.17, 15) is 13.2 Å². The molecular formula is C25H26N6O3S. The Hall–Kier alpha value is -3.92. The minimum absolute atomic E-state index is 0.0213. The average Bonchev–Trinajstić information content (AvgIpc) is 2.87. The van der Waals surface area contributed by atoms with Crippen molar-refractivity contribution >= 4 is 32.5 Å². The largest absolute Gasteiger partial charge is 0.370 e. The molecule has 0 fully saturated rings. The molecule has 9 nitrogen and oxygen atoms in total. The lowest BCUT2D eigenvalue weighted by Gasteiger charge is -2.16. The fourth-order valence-electron chi connectivity index (χ4n) is 3.86. The second-order valence-electron chi connectivity index (χ2n) is 8.24. The van der Waals surface area contributed by atoms with E-state index in [1.165, 1.54) is 18.6 Å². The second kappa shape index (κ2) is 10.1. The fraction of sp³-hybridized carbons (Fsp3) is 0.240. The zero-order valence-corrected chi connectivity index (χ0v) is 20.5. The summed E-state index contributed by atoms with van der Waals surface area (Å²) in [7, 11) is -1.74. The molecule has 0 radical (unpaired) electrons. The van der Waals surface area contributed by atoms with Crippen LogP contribution in [0.4, 0.5) is 5.82 Å². The van der Waals surface area contributed by atoms with Crippen LogP contribution in [0.2, 0.25) is 0 Å². The third-order valence-electron chi connectivity index (χ3n) is 5.77. The lowest BCUT2D eigenvalue weighted by atomic mass is 9.94. The van der Waals surface area contributed by atoms with Gasteiger partial charge in [0.1, 0.15) is 12.1 Å². The molecule has 10 heteroatoms. The van der Waals surface area contributed by atoms with Crippen LogP contribution in [0.5, 0.6) is 0 Å². The van der Waals surface area contributed by atoms with Gasteiger partial charge >= 0.3 is 0 Å². The molecule has 1 amide bonds. The molecule has 35 heavy (non-hydrogen) atoms. The number of carbonyl (C=O) groups is 1. The summed E-state index contributed by atoms with van der Waals surface area (Å²) in [5.41, 5.74) is 3.86. The van der Waals surface area contributed by atoms with E-state index in [4.69, 9.17) is 0 Å². The van der Waals surface area contributed by atoms with Crippen molar-refractivity contribution in [1.82, 2.24) is 25.3 Å².